The number of aliphatic carboxylic acids is 1. The number of carbonyl (C=O) groups is 1. The van der Waals surface area contributed by atoms with Crippen molar-refractivity contribution in [1.82, 2.24) is 14.5 Å². The molecule has 2 fully saturated rings. The Kier molecular flexibility index (Phi) is 7.84. The Morgan fingerprint density at radius 3 is 2.62 bits per heavy atom. The van der Waals surface area contributed by atoms with Gasteiger partial charge in [0.15, 0.2) is 0 Å². The summed E-state index contributed by atoms with van der Waals surface area (Å²) < 4.78 is 36.3. The summed E-state index contributed by atoms with van der Waals surface area (Å²) in [5.41, 5.74) is 5.34. The van der Waals surface area contributed by atoms with E-state index in [9.17, 15) is 18.7 Å². The van der Waals surface area contributed by atoms with Crippen molar-refractivity contribution in [3.8, 4) is 5.75 Å². The van der Waals surface area contributed by atoms with Gasteiger partial charge in [-0.3, -0.25) is 9.78 Å². The van der Waals surface area contributed by atoms with E-state index in [0.29, 0.717) is 38.3 Å². The van der Waals surface area contributed by atoms with Gasteiger partial charge in [0.05, 0.1) is 29.2 Å². The highest BCUT2D eigenvalue weighted by Gasteiger charge is 2.36. The van der Waals surface area contributed by atoms with E-state index in [2.05, 4.69) is 9.55 Å². The Morgan fingerprint density at radius 1 is 1.07 bits per heavy atom. The highest BCUT2D eigenvalue weighted by atomic mass is 19.3. The van der Waals surface area contributed by atoms with Crippen molar-refractivity contribution >= 4 is 22.7 Å². The molecule has 4 aromatic rings. The molecule has 220 valence electrons. The zero-order valence-corrected chi connectivity index (χ0v) is 23.8. The second-order valence-corrected chi connectivity index (χ2v) is 11.7. The third-order valence-corrected chi connectivity index (χ3v) is 8.56. The number of nitrogens with zero attached hydrogens (tertiary/aromatic N) is 4. The number of aromatic nitrogens is 3. The lowest BCUT2D eigenvalue weighted by atomic mass is 9.78. The number of piperidine rings is 1. The molecule has 1 aliphatic carbocycles. The molecule has 7 nitrogen and oxygen atoms in total. The number of hydrogen-bond donors (Lipinski definition) is 1. The Morgan fingerprint density at radius 2 is 1.88 bits per heavy atom. The van der Waals surface area contributed by atoms with Crippen molar-refractivity contribution in [2.75, 3.05) is 18.0 Å². The normalized spacial score (nSPS) is 20.5. The maximum absolute atomic E-state index is 14.0. The minimum absolute atomic E-state index is 0.0657. The van der Waals surface area contributed by atoms with Gasteiger partial charge in [-0.15, -0.1) is 0 Å². The summed E-state index contributed by atoms with van der Waals surface area (Å²) in [7, 11) is 0. The first kappa shape index (κ1) is 28.1. The van der Waals surface area contributed by atoms with Gasteiger partial charge in [-0.05, 0) is 67.6 Å². The van der Waals surface area contributed by atoms with E-state index in [1.807, 2.05) is 67.7 Å². The first-order valence-electron chi connectivity index (χ1n) is 14.7. The summed E-state index contributed by atoms with van der Waals surface area (Å²) in [4.78, 5) is 23.4. The second-order valence-electron chi connectivity index (χ2n) is 11.7. The average molecular weight is 575 g/mol. The molecule has 1 aliphatic heterocycles. The summed E-state index contributed by atoms with van der Waals surface area (Å²) in [6, 6.07) is 17.5. The first-order valence-corrected chi connectivity index (χ1v) is 14.7. The van der Waals surface area contributed by atoms with E-state index in [4.69, 9.17) is 9.72 Å². The van der Waals surface area contributed by atoms with E-state index in [-0.39, 0.29) is 18.9 Å². The van der Waals surface area contributed by atoms with E-state index >= 15 is 0 Å². The summed E-state index contributed by atoms with van der Waals surface area (Å²) >= 11 is 0. The van der Waals surface area contributed by atoms with Gasteiger partial charge in [0, 0.05) is 43.4 Å². The second kappa shape index (κ2) is 11.7. The summed E-state index contributed by atoms with van der Waals surface area (Å²) in [6.45, 7) is 3.15. The lowest BCUT2D eigenvalue weighted by molar-refractivity contribution is -0.143. The summed E-state index contributed by atoms with van der Waals surface area (Å²) in [6.07, 6.45) is 5.48. The molecule has 0 amide bonds. The lowest BCUT2D eigenvalue weighted by Gasteiger charge is -2.34. The topological polar surface area (TPSA) is 80.5 Å². The zero-order chi connectivity index (χ0) is 29.3. The minimum Gasteiger partial charge on any atom is -0.487 e. The predicted molar refractivity (Wildman–Crippen MR) is 157 cm³/mol. The molecular weight excluding hydrogens is 538 g/mol. The highest BCUT2D eigenvalue weighted by molar-refractivity contribution is 5.79. The molecule has 2 unspecified atom stereocenters. The number of aryl methyl sites for hydroxylation is 1. The molecule has 3 heterocycles. The van der Waals surface area contributed by atoms with E-state index < -0.39 is 17.8 Å². The number of alkyl halides is 2. The fraction of sp³-hybridized carbons (Fsp3) is 0.424. The maximum atomic E-state index is 14.0. The molecule has 1 saturated carbocycles. The van der Waals surface area contributed by atoms with Crippen LogP contribution in [0, 0.1) is 12.8 Å². The van der Waals surface area contributed by atoms with Crippen molar-refractivity contribution in [3.63, 3.8) is 0 Å². The van der Waals surface area contributed by atoms with E-state index in [0.717, 1.165) is 58.6 Å². The van der Waals surface area contributed by atoms with Gasteiger partial charge >= 0.3 is 5.97 Å². The summed E-state index contributed by atoms with van der Waals surface area (Å²) in [5.74, 6) is -2.68. The molecule has 6 rings (SSSR count). The number of carboxylic acids is 1. The van der Waals surface area contributed by atoms with Crippen LogP contribution in [-0.2, 0) is 17.9 Å². The quantitative estimate of drug-likeness (QED) is 0.245. The van der Waals surface area contributed by atoms with Crippen LogP contribution in [-0.4, -0.2) is 44.6 Å². The number of carboxylic acid groups (broad SMARTS) is 1. The van der Waals surface area contributed by atoms with Crippen LogP contribution in [0.5, 0.6) is 5.75 Å². The SMILES string of the molecule is Cc1ccc(COc2ccc3nc(C4CCCCC4C(=O)O)n(Cc4ccc(N5CCCC(F)(F)C5)cc4)c3c2)nc1. The molecule has 9 heteroatoms. The van der Waals surface area contributed by atoms with Crippen LogP contribution in [0.3, 0.4) is 0 Å². The number of hydrogen-bond acceptors (Lipinski definition) is 5. The van der Waals surface area contributed by atoms with Crippen LogP contribution in [0.1, 0.15) is 67.1 Å². The molecule has 1 N–H and O–H groups in total. The lowest BCUT2D eigenvalue weighted by Crippen LogP contribution is -2.42. The first-order chi connectivity index (χ1) is 20.3. The number of imidazole rings is 1. The maximum Gasteiger partial charge on any atom is 0.307 e. The van der Waals surface area contributed by atoms with Gasteiger partial charge in [0.2, 0.25) is 0 Å². The highest BCUT2D eigenvalue weighted by Crippen LogP contribution is 2.40. The van der Waals surface area contributed by atoms with Crippen LogP contribution < -0.4 is 9.64 Å². The van der Waals surface area contributed by atoms with Crippen molar-refractivity contribution < 1.29 is 23.4 Å². The minimum atomic E-state index is -2.67. The molecule has 0 radical (unpaired) electrons. The molecule has 2 aromatic carbocycles. The standard InChI is InChI=1S/C33H36F2N4O3/c1-22-7-10-24(36-18-22)20-42-26-13-14-29-30(17-26)39(31(37-29)27-5-2-3-6-28(27)32(40)41)19-23-8-11-25(12-9-23)38-16-4-15-33(34,35)21-38/h7-14,17-18,27-28H,2-6,15-16,19-21H2,1H3,(H,40,41). The summed E-state index contributed by atoms with van der Waals surface area (Å²) in [5, 5.41) is 10.0. The van der Waals surface area contributed by atoms with Crippen molar-refractivity contribution in [1.29, 1.82) is 0 Å². The van der Waals surface area contributed by atoms with Crippen LogP contribution >= 0.6 is 0 Å². The fourth-order valence-electron chi connectivity index (χ4n) is 6.32. The molecule has 0 bridgehead atoms. The fourth-order valence-corrected chi connectivity index (χ4v) is 6.32. The molecule has 42 heavy (non-hydrogen) atoms. The van der Waals surface area contributed by atoms with Gasteiger partial charge in [-0.25, -0.2) is 13.8 Å². The van der Waals surface area contributed by atoms with Crippen LogP contribution in [0.4, 0.5) is 14.5 Å². The third kappa shape index (κ3) is 6.10. The van der Waals surface area contributed by atoms with Gasteiger partial charge in [-0.1, -0.05) is 31.0 Å². The molecule has 1 saturated heterocycles. The van der Waals surface area contributed by atoms with Gasteiger partial charge in [0.25, 0.3) is 5.92 Å². The Hall–Kier alpha value is -4.01. The third-order valence-electron chi connectivity index (χ3n) is 8.56. The smallest absolute Gasteiger partial charge is 0.307 e. The van der Waals surface area contributed by atoms with Gasteiger partial charge in [0.1, 0.15) is 18.2 Å². The van der Waals surface area contributed by atoms with Crippen LogP contribution in [0.2, 0.25) is 0 Å². The van der Waals surface area contributed by atoms with Crippen molar-refractivity contribution in [2.45, 2.75) is 70.4 Å². The number of anilines is 1. The van der Waals surface area contributed by atoms with Crippen molar-refractivity contribution in [3.05, 3.63) is 83.4 Å². The Balaban J connectivity index is 1.32. The molecule has 2 aromatic heterocycles. The Bertz CT molecular complexity index is 1550. The number of rotatable bonds is 8. The predicted octanol–water partition coefficient (Wildman–Crippen LogP) is 6.96. The largest absolute Gasteiger partial charge is 0.487 e. The molecule has 2 atom stereocenters. The van der Waals surface area contributed by atoms with Gasteiger partial charge < -0.3 is 19.3 Å². The molecular formula is C33H36F2N4O3. The van der Waals surface area contributed by atoms with E-state index in [1.165, 1.54) is 0 Å². The monoisotopic (exact) mass is 574 g/mol. The Labute approximate surface area is 244 Å². The van der Waals surface area contributed by atoms with Gasteiger partial charge in [-0.2, -0.15) is 0 Å². The number of benzene rings is 2. The van der Waals surface area contributed by atoms with Crippen LogP contribution in [0.25, 0.3) is 11.0 Å². The average Bonchev–Trinajstić information content (AvgIpc) is 3.34. The van der Waals surface area contributed by atoms with Crippen LogP contribution in [0.15, 0.2) is 60.8 Å². The molecule has 2 aliphatic rings. The number of pyridine rings is 1. The van der Waals surface area contributed by atoms with E-state index in [1.54, 1.807) is 4.90 Å². The number of ether oxygens (including phenoxy) is 1. The number of halogens is 2. The number of fused-ring (bicyclic) bond motifs is 1. The molecule has 0 spiro atoms. The van der Waals surface area contributed by atoms with Crippen molar-refractivity contribution in [2.24, 2.45) is 5.92 Å². The zero-order valence-electron chi connectivity index (χ0n) is 23.8.